The Morgan fingerprint density at radius 1 is 1.03 bits per heavy atom. The average molecular weight is 498 g/mol. The molecule has 0 bridgehead atoms. The Bertz CT molecular complexity index is 1070. The van der Waals surface area contributed by atoms with E-state index in [9.17, 15) is 0 Å². The largest absolute Gasteiger partial charge is 0.453 e. The van der Waals surface area contributed by atoms with Gasteiger partial charge in [-0.3, -0.25) is 0 Å². The van der Waals surface area contributed by atoms with Crippen molar-refractivity contribution in [3.05, 3.63) is 53.0 Å². The van der Waals surface area contributed by atoms with Gasteiger partial charge in [0.25, 0.3) is 0 Å². The lowest BCUT2D eigenvalue weighted by molar-refractivity contribution is 0.405. The van der Waals surface area contributed by atoms with Gasteiger partial charge in [-0.05, 0) is 57.4 Å². The summed E-state index contributed by atoms with van der Waals surface area (Å²) in [5.74, 6) is 2.10. The second-order valence-electron chi connectivity index (χ2n) is 6.79. The normalized spacial score (nSPS) is 10.8. The molecule has 4 aromatic rings. The molecule has 4 rings (SSSR count). The van der Waals surface area contributed by atoms with Crippen molar-refractivity contribution in [2.75, 3.05) is 32.5 Å². The molecule has 2 aromatic heterocycles. The molecule has 0 spiro atoms. The van der Waals surface area contributed by atoms with Gasteiger partial charge in [0, 0.05) is 21.8 Å². The van der Waals surface area contributed by atoms with Crippen LogP contribution >= 0.6 is 40.7 Å². The highest BCUT2D eigenvalue weighted by Crippen LogP contribution is 2.30. The van der Waals surface area contributed by atoms with Crippen molar-refractivity contribution in [3.8, 4) is 11.6 Å². The van der Waals surface area contributed by atoms with Gasteiger partial charge in [-0.1, -0.05) is 34.1 Å². The summed E-state index contributed by atoms with van der Waals surface area (Å²) in [7, 11) is 4.16. The van der Waals surface area contributed by atoms with E-state index in [4.69, 9.17) is 14.4 Å². The Labute approximate surface area is 190 Å². The lowest BCUT2D eigenvalue weighted by atomic mass is 10.2. The molecule has 1 N–H and O–H groups in total. The highest BCUT2D eigenvalue weighted by Gasteiger charge is 2.13. The van der Waals surface area contributed by atoms with E-state index in [-0.39, 0.29) is 24.8 Å². The number of fused-ring (bicyclic) bond motifs is 2. The topological polar surface area (TPSA) is 54.2 Å². The Kier molecular flexibility index (Phi) is 8.28. The van der Waals surface area contributed by atoms with Gasteiger partial charge < -0.3 is 14.6 Å². The molecule has 154 valence electrons. The third-order valence-corrected chi connectivity index (χ3v) is 4.87. The van der Waals surface area contributed by atoms with Crippen molar-refractivity contribution in [2.45, 2.75) is 6.42 Å². The molecule has 0 aliphatic carbocycles. The maximum Gasteiger partial charge on any atom is 0.198 e. The highest BCUT2D eigenvalue weighted by atomic mass is 79.9. The van der Waals surface area contributed by atoms with Crippen LogP contribution in [-0.4, -0.2) is 42.1 Å². The number of para-hydroxylation sites is 1. The molecule has 0 amide bonds. The van der Waals surface area contributed by atoms with Gasteiger partial charge in [0.2, 0.25) is 0 Å². The molecule has 29 heavy (non-hydrogen) atoms. The van der Waals surface area contributed by atoms with E-state index in [0.29, 0.717) is 11.6 Å². The third kappa shape index (κ3) is 5.39. The number of halogens is 3. The van der Waals surface area contributed by atoms with Gasteiger partial charge in [0.05, 0.1) is 5.52 Å². The molecule has 0 saturated carbocycles. The van der Waals surface area contributed by atoms with Crippen LogP contribution in [0, 0.1) is 0 Å². The fourth-order valence-electron chi connectivity index (χ4n) is 3.04. The number of nitrogens with zero attached hydrogens (tertiary/aromatic N) is 3. The Morgan fingerprint density at radius 2 is 1.83 bits per heavy atom. The second-order valence-corrected chi connectivity index (χ2v) is 7.71. The van der Waals surface area contributed by atoms with E-state index in [2.05, 4.69) is 40.2 Å². The zero-order chi connectivity index (χ0) is 18.8. The highest BCUT2D eigenvalue weighted by molar-refractivity contribution is 9.10. The van der Waals surface area contributed by atoms with Crippen molar-refractivity contribution in [1.29, 1.82) is 0 Å². The average Bonchev–Trinajstić information content (AvgIpc) is 3.09. The summed E-state index contributed by atoms with van der Waals surface area (Å²) in [6.45, 7) is 1.87. The van der Waals surface area contributed by atoms with E-state index in [0.717, 1.165) is 51.7 Å². The molecule has 2 heterocycles. The summed E-state index contributed by atoms with van der Waals surface area (Å²) in [6, 6.07) is 16.0. The number of benzene rings is 2. The lowest BCUT2D eigenvalue weighted by Gasteiger charge is -2.12. The second kappa shape index (κ2) is 10.3. The summed E-state index contributed by atoms with van der Waals surface area (Å²) in [4.78, 5) is 11.7. The Hall–Kier alpha value is -1.86. The fourth-order valence-corrected chi connectivity index (χ4v) is 3.40. The summed E-state index contributed by atoms with van der Waals surface area (Å²) in [6.07, 6.45) is 1.03. The summed E-state index contributed by atoms with van der Waals surface area (Å²) in [5.41, 5.74) is 1.73. The quantitative estimate of drug-likeness (QED) is 0.330. The lowest BCUT2D eigenvalue weighted by Crippen LogP contribution is -2.16. The van der Waals surface area contributed by atoms with Crippen LogP contribution in [0.15, 0.2) is 57.4 Å². The van der Waals surface area contributed by atoms with Crippen LogP contribution in [0.2, 0.25) is 0 Å². The first-order chi connectivity index (χ1) is 13.1. The maximum absolute atomic E-state index is 5.97. The molecule has 0 fully saturated rings. The van der Waals surface area contributed by atoms with Crippen molar-refractivity contribution in [1.82, 2.24) is 14.9 Å². The molecule has 0 aliphatic rings. The van der Waals surface area contributed by atoms with Gasteiger partial charge in [0.1, 0.15) is 11.4 Å². The first-order valence-electron chi connectivity index (χ1n) is 8.95. The first-order valence-corrected chi connectivity index (χ1v) is 9.74. The Morgan fingerprint density at radius 3 is 2.59 bits per heavy atom. The minimum atomic E-state index is 0. The molecule has 0 aliphatic heterocycles. The minimum absolute atomic E-state index is 0. The molecule has 0 saturated heterocycles. The summed E-state index contributed by atoms with van der Waals surface area (Å²) < 4.78 is 6.98. The van der Waals surface area contributed by atoms with Crippen molar-refractivity contribution >= 4 is 68.4 Å². The molecule has 2 aromatic carbocycles. The van der Waals surface area contributed by atoms with E-state index in [1.165, 1.54) is 0 Å². The molecule has 8 heteroatoms. The molecular weight excluding hydrogens is 475 g/mol. The number of nitrogens with one attached hydrogen (secondary N) is 1. The predicted octanol–water partition coefficient (Wildman–Crippen LogP) is 6.01. The van der Waals surface area contributed by atoms with Crippen molar-refractivity contribution in [3.63, 3.8) is 0 Å². The Balaban J connectivity index is 0.00000150. The van der Waals surface area contributed by atoms with E-state index in [1.807, 2.05) is 48.5 Å². The van der Waals surface area contributed by atoms with E-state index >= 15 is 0 Å². The molecule has 0 atom stereocenters. The molecule has 5 nitrogen and oxygen atoms in total. The molecular formula is C21H23BrCl2N4O. The maximum atomic E-state index is 5.97. The SMILES string of the molecule is CN(C)CCCNc1nc(-c2cc3ccccc3o2)nc2ccc(Br)cc12.Cl.Cl. The van der Waals surface area contributed by atoms with Crippen molar-refractivity contribution < 1.29 is 4.42 Å². The third-order valence-electron chi connectivity index (χ3n) is 4.38. The monoisotopic (exact) mass is 496 g/mol. The van der Waals surface area contributed by atoms with Gasteiger partial charge >= 0.3 is 0 Å². The zero-order valence-corrected chi connectivity index (χ0v) is 19.4. The van der Waals surface area contributed by atoms with Crippen LogP contribution in [0.4, 0.5) is 5.82 Å². The summed E-state index contributed by atoms with van der Waals surface area (Å²) >= 11 is 3.55. The molecule has 0 radical (unpaired) electrons. The molecule has 0 unspecified atom stereocenters. The van der Waals surface area contributed by atoms with E-state index in [1.54, 1.807) is 0 Å². The predicted molar refractivity (Wildman–Crippen MR) is 129 cm³/mol. The van der Waals surface area contributed by atoms with Crippen LogP contribution < -0.4 is 5.32 Å². The van der Waals surface area contributed by atoms with Gasteiger partial charge in [-0.25, -0.2) is 9.97 Å². The van der Waals surface area contributed by atoms with Gasteiger partial charge in [0.15, 0.2) is 11.6 Å². The number of hydrogen-bond acceptors (Lipinski definition) is 5. The van der Waals surface area contributed by atoms with Gasteiger partial charge in [-0.2, -0.15) is 0 Å². The fraction of sp³-hybridized carbons (Fsp3) is 0.238. The smallest absolute Gasteiger partial charge is 0.198 e. The summed E-state index contributed by atoms with van der Waals surface area (Å²) in [5, 5.41) is 5.52. The van der Waals surface area contributed by atoms with Crippen LogP contribution in [0.5, 0.6) is 0 Å². The number of aromatic nitrogens is 2. The van der Waals surface area contributed by atoms with Crippen LogP contribution in [0.25, 0.3) is 33.5 Å². The van der Waals surface area contributed by atoms with Crippen molar-refractivity contribution in [2.24, 2.45) is 0 Å². The van der Waals surface area contributed by atoms with E-state index < -0.39 is 0 Å². The zero-order valence-electron chi connectivity index (χ0n) is 16.2. The van der Waals surface area contributed by atoms with Crippen LogP contribution in [0.3, 0.4) is 0 Å². The number of hydrogen-bond donors (Lipinski definition) is 1. The van der Waals surface area contributed by atoms with Crippen LogP contribution in [-0.2, 0) is 0 Å². The number of rotatable bonds is 6. The first kappa shape index (κ1) is 23.4. The standard InChI is InChI=1S/C21H21BrN4O.2ClH/c1-26(2)11-5-10-23-20-16-13-15(22)8-9-17(16)24-21(25-20)19-12-14-6-3-4-7-18(14)27-19;;/h3-4,6-9,12-13H,5,10-11H2,1-2H3,(H,23,24,25);2*1H. The number of furan rings is 1. The minimum Gasteiger partial charge on any atom is -0.453 e. The van der Waals surface area contributed by atoms with Crippen LogP contribution in [0.1, 0.15) is 6.42 Å². The number of anilines is 1. The van der Waals surface area contributed by atoms with Gasteiger partial charge in [-0.15, -0.1) is 24.8 Å².